The van der Waals surface area contributed by atoms with Crippen molar-refractivity contribution < 1.29 is 9.53 Å². The lowest BCUT2D eigenvalue weighted by atomic mass is 10.1. The van der Waals surface area contributed by atoms with E-state index in [9.17, 15) is 4.79 Å². The molecule has 0 amide bonds. The van der Waals surface area contributed by atoms with Crippen molar-refractivity contribution in [3.05, 3.63) is 0 Å². The predicted molar refractivity (Wildman–Crippen MR) is 59.5 cm³/mol. The lowest BCUT2D eigenvalue weighted by molar-refractivity contribution is -0.150. The minimum absolute atomic E-state index is 0.122. The van der Waals surface area contributed by atoms with Crippen LogP contribution in [-0.2, 0) is 9.53 Å². The van der Waals surface area contributed by atoms with Gasteiger partial charge in [0.25, 0.3) is 0 Å². The molecule has 1 aliphatic rings. The molecule has 0 aromatic heterocycles. The van der Waals surface area contributed by atoms with E-state index in [2.05, 4.69) is 11.8 Å². The summed E-state index contributed by atoms with van der Waals surface area (Å²) >= 11 is 0. The summed E-state index contributed by atoms with van der Waals surface area (Å²) < 4.78 is 5.31. The second kappa shape index (κ2) is 6.80. The Morgan fingerprint density at radius 3 is 2.67 bits per heavy atom. The van der Waals surface area contributed by atoms with Gasteiger partial charge in [-0.15, -0.1) is 0 Å². The highest BCUT2D eigenvalue weighted by Crippen LogP contribution is 2.14. The third kappa shape index (κ3) is 4.62. The van der Waals surface area contributed by atoms with Crippen LogP contribution in [0, 0.1) is 0 Å². The molecule has 0 aromatic carbocycles. The van der Waals surface area contributed by atoms with Gasteiger partial charge in [-0.05, 0) is 25.8 Å². The van der Waals surface area contributed by atoms with Gasteiger partial charge >= 0.3 is 5.97 Å². The maximum Gasteiger partial charge on any atom is 0.307 e. The molecule has 0 saturated carbocycles. The first-order valence-corrected chi connectivity index (χ1v) is 5.88. The molecule has 0 unspecified atom stereocenters. The lowest BCUT2D eigenvalue weighted by Gasteiger charge is -2.31. The summed E-state index contributed by atoms with van der Waals surface area (Å²) in [5.74, 6) is -0.147. The van der Waals surface area contributed by atoms with Crippen molar-refractivity contribution >= 4 is 5.97 Å². The van der Waals surface area contributed by atoms with Crippen LogP contribution in [0.3, 0.4) is 0 Å². The average Bonchev–Trinajstić information content (AvgIpc) is 2.22. The second-order valence-electron chi connectivity index (χ2n) is 4.07. The molecule has 2 N–H and O–H groups in total. The standard InChI is InChI=1S/C11H22N2O2/c1-2-7-13-8-4-10(5-9-13)15-11(14)3-6-12/h10H,2-9,12H2,1H3. The van der Waals surface area contributed by atoms with Crippen LogP contribution in [0.15, 0.2) is 0 Å². The molecule has 1 rings (SSSR count). The monoisotopic (exact) mass is 214 g/mol. The Bertz CT molecular complexity index is 189. The van der Waals surface area contributed by atoms with E-state index in [1.165, 1.54) is 6.42 Å². The first-order valence-electron chi connectivity index (χ1n) is 5.88. The first-order chi connectivity index (χ1) is 7.26. The van der Waals surface area contributed by atoms with Gasteiger partial charge in [0.15, 0.2) is 0 Å². The number of hydrogen-bond acceptors (Lipinski definition) is 4. The normalized spacial score (nSPS) is 19.1. The van der Waals surface area contributed by atoms with Crippen LogP contribution in [0.1, 0.15) is 32.6 Å². The summed E-state index contributed by atoms with van der Waals surface area (Å²) in [6, 6.07) is 0. The summed E-state index contributed by atoms with van der Waals surface area (Å²) in [7, 11) is 0. The zero-order chi connectivity index (χ0) is 11.1. The zero-order valence-electron chi connectivity index (χ0n) is 9.58. The van der Waals surface area contributed by atoms with Crippen molar-refractivity contribution in [1.82, 2.24) is 4.90 Å². The second-order valence-corrected chi connectivity index (χ2v) is 4.07. The molecular formula is C11H22N2O2. The number of carbonyl (C=O) groups excluding carboxylic acids is 1. The van der Waals surface area contributed by atoms with Crippen LogP contribution in [0.4, 0.5) is 0 Å². The number of rotatable bonds is 5. The van der Waals surface area contributed by atoms with E-state index in [1.807, 2.05) is 0 Å². The van der Waals surface area contributed by atoms with Gasteiger partial charge in [-0.25, -0.2) is 0 Å². The third-order valence-electron chi connectivity index (χ3n) is 2.72. The van der Waals surface area contributed by atoms with Gasteiger partial charge in [-0.2, -0.15) is 0 Å². The molecule has 1 aliphatic heterocycles. The van der Waals surface area contributed by atoms with E-state index in [0.29, 0.717) is 13.0 Å². The number of carbonyl (C=O) groups is 1. The van der Waals surface area contributed by atoms with E-state index in [0.717, 1.165) is 32.5 Å². The minimum Gasteiger partial charge on any atom is -0.462 e. The Balaban J connectivity index is 2.16. The van der Waals surface area contributed by atoms with Gasteiger partial charge in [0.05, 0.1) is 6.42 Å². The highest BCUT2D eigenvalue weighted by atomic mass is 16.5. The molecule has 0 spiro atoms. The number of nitrogens with two attached hydrogens (primary N) is 1. The van der Waals surface area contributed by atoms with Gasteiger partial charge in [0.1, 0.15) is 6.10 Å². The number of ether oxygens (including phenoxy) is 1. The van der Waals surface area contributed by atoms with E-state index in [4.69, 9.17) is 10.5 Å². The Morgan fingerprint density at radius 1 is 1.47 bits per heavy atom. The molecule has 0 radical (unpaired) electrons. The molecule has 4 nitrogen and oxygen atoms in total. The van der Waals surface area contributed by atoms with Crippen LogP contribution >= 0.6 is 0 Å². The number of likely N-dealkylation sites (tertiary alicyclic amines) is 1. The van der Waals surface area contributed by atoms with Gasteiger partial charge in [0.2, 0.25) is 0 Å². The number of esters is 1. The van der Waals surface area contributed by atoms with Crippen LogP contribution < -0.4 is 5.73 Å². The molecule has 1 fully saturated rings. The van der Waals surface area contributed by atoms with Gasteiger partial charge in [-0.1, -0.05) is 6.92 Å². The Hall–Kier alpha value is -0.610. The van der Waals surface area contributed by atoms with Crippen LogP contribution in [-0.4, -0.2) is 43.2 Å². The largest absolute Gasteiger partial charge is 0.462 e. The Labute approximate surface area is 91.8 Å². The fourth-order valence-electron chi connectivity index (χ4n) is 1.93. The van der Waals surface area contributed by atoms with Crippen molar-refractivity contribution in [2.75, 3.05) is 26.2 Å². The van der Waals surface area contributed by atoms with E-state index < -0.39 is 0 Å². The molecule has 4 heteroatoms. The molecule has 0 aliphatic carbocycles. The molecule has 1 heterocycles. The van der Waals surface area contributed by atoms with Crippen molar-refractivity contribution in [2.24, 2.45) is 5.73 Å². The van der Waals surface area contributed by atoms with E-state index in [-0.39, 0.29) is 12.1 Å². The molecule has 1 saturated heterocycles. The van der Waals surface area contributed by atoms with Crippen molar-refractivity contribution in [3.8, 4) is 0 Å². The minimum atomic E-state index is -0.147. The molecule has 0 atom stereocenters. The SMILES string of the molecule is CCCN1CCC(OC(=O)CCN)CC1. The molecule has 0 aromatic rings. The Morgan fingerprint density at radius 2 is 2.13 bits per heavy atom. The van der Waals surface area contributed by atoms with Gasteiger partial charge in [-0.3, -0.25) is 4.79 Å². The first kappa shape index (κ1) is 12.5. The van der Waals surface area contributed by atoms with Crippen molar-refractivity contribution in [1.29, 1.82) is 0 Å². The van der Waals surface area contributed by atoms with Crippen molar-refractivity contribution in [2.45, 2.75) is 38.7 Å². The number of nitrogens with zero attached hydrogens (tertiary/aromatic N) is 1. The average molecular weight is 214 g/mol. The molecule has 0 bridgehead atoms. The quantitative estimate of drug-likeness (QED) is 0.686. The smallest absolute Gasteiger partial charge is 0.307 e. The maximum atomic E-state index is 11.2. The summed E-state index contributed by atoms with van der Waals surface area (Å²) in [5.41, 5.74) is 5.29. The van der Waals surface area contributed by atoms with E-state index in [1.54, 1.807) is 0 Å². The fourth-order valence-corrected chi connectivity index (χ4v) is 1.93. The van der Waals surface area contributed by atoms with Gasteiger partial charge < -0.3 is 15.4 Å². The summed E-state index contributed by atoms with van der Waals surface area (Å²) in [6.07, 6.45) is 3.59. The Kier molecular flexibility index (Phi) is 5.65. The van der Waals surface area contributed by atoms with Crippen LogP contribution in [0.2, 0.25) is 0 Å². The summed E-state index contributed by atoms with van der Waals surface area (Å²) in [5, 5.41) is 0. The van der Waals surface area contributed by atoms with Crippen LogP contribution in [0.25, 0.3) is 0 Å². The highest BCUT2D eigenvalue weighted by molar-refractivity contribution is 5.69. The predicted octanol–water partition coefficient (Wildman–Crippen LogP) is 0.753. The summed E-state index contributed by atoms with van der Waals surface area (Å²) in [6.45, 7) is 5.83. The van der Waals surface area contributed by atoms with E-state index >= 15 is 0 Å². The summed E-state index contributed by atoms with van der Waals surface area (Å²) in [4.78, 5) is 13.6. The third-order valence-corrected chi connectivity index (χ3v) is 2.72. The number of piperidine rings is 1. The van der Waals surface area contributed by atoms with Crippen LogP contribution in [0.5, 0.6) is 0 Å². The van der Waals surface area contributed by atoms with Gasteiger partial charge in [0, 0.05) is 19.6 Å². The van der Waals surface area contributed by atoms with Crippen molar-refractivity contribution in [3.63, 3.8) is 0 Å². The maximum absolute atomic E-state index is 11.2. The zero-order valence-corrected chi connectivity index (χ0v) is 9.58. The number of hydrogen-bond donors (Lipinski definition) is 1. The fraction of sp³-hybridized carbons (Fsp3) is 0.909. The lowest BCUT2D eigenvalue weighted by Crippen LogP contribution is -2.38. The highest BCUT2D eigenvalue weighted by Gasteiger charge is 2.21. The molecule has 88 valence electrons. The molecular weight excluding hydrogens is 192 g/mol. The topological polar surface area (TPSA) is 55.6 Å². The molecule has 15 heavy (non-hydrogen) atoms.